The highest BCUT2D eigenvalue weighted by Gasteiger charge is 2.35. The van der Waals surface area contributed by atoms with Crippen molar-refractivity contribution >= 4 is 11.6 Å². The molecule has 4 heterocycles. The monoisotopic (exact) mass is 521 g/mol. The Balaban J connectivity index is 1.41. The number of aliphatic hydroxyl groups excluding tert-OH is 1. The number of carbonyl (C=O) groups is 1. The third-order valence-electron chi connectivity index (χ3n) is 7.84. The van der Waals surface area contributed by atoms with E-state index in [1.807, 2.05) is 29.2 Å². The summed E-state index contributed by atoms with van der Waals surface area (Å²) in [4.78, 5) is 19.9. The second-order valence-corrected chi connectivity index (χ2v) is 10.1. The molecule has 0 aliphatic carbocycles. The van der Waals surface area contributed by atoms with E-state index in [2.05, 4.69) is 15.9 Å². The number of fused-ring (bicyclic) bond motifs is 1. The van der Waals surface area contributed by atoms with Gasteiger partial charge in [0, 0.05) is 67.2 Å². The second kappa shape index (κ2) is 10.8. The Bertz CT molecular complexity index is 1200. The smallest absolute Gasteiger partial charge is 0.254 e. The van der Waals surface area contributed by atoms with E-state index in [0.29, 0.717) is 75.4 Å². The van der Waals surface area contributed by atoms with Crippen molar-refractivity contribution in [3.8, 4) is 11.5 Å². The Hall–Kier alpha value is -3.27. The quantitative estimate of drug-likeness (QED) is 0.643. The first-order valence-electron chi connectivity index (χ1n) is 13.5. The van der Waals surface area contributed by atoms with E-state index in [-0.39, 0.29) is 11.9 Å². The number of nitrogens with zero attached hydrogens (tertiary/aromatic N) is 3. The molecular weight excluding hydrogens is 486 g/mol. The number of methoxy groups -OCH3 is 1. The molecule has 0 aromatic heterocycles. The third kappa shape index (κ3) is 4.81. The molecular formula is C29H35N3O6. The molecule has 0 radical (unpaired) electrons. The summed E-state index contributed by atoms with van der Waals surface area (Å²) in [6, 6.07) is 11.8. The van der Waals surface area contributed by atoms with Crippen molar-refractivity contribution in [2.24, 2.45) is 0 Å². The number of hydrogen-bond acceptors (Lipinski definition) is 8. The highest BCUT2D eigenvalue weighted by atomic mass is 16.5. The van der Waals surface area contributed by atoms with Crippen molar-refractivity contribution in [1.82, 2.24) is 9.80 Å². The molecule has 202 valence electrons. The zero-order valence-corrected chi connectivity index (χ0v) is 21.8. The molecule has 9 heteroatoms. The van der Waals surface area contributed by atoms with E-state index >= 15 is 0 Å². The van der Waals surface area contributed by atoms with E-state index in [9.17, 15) is 9.90 Å². The molecule has 1 N–H and O–H groups in total. The molecule has 3 saturated heterocycles. The van der Waals surface area contributed by atoms with E-state index < -0.39 is 6.10 Å². The lowest BCUT2D eigenvalue weighted by atomic mass is 9.92. The zero-order chi connectivity index (χ0) is 26.1. The van der Waals surface area contributed by atoms with Crippen LogP contribution in [0.2, 0.25) is 0 Å². The van der Waals surface area contributed by atoms with Gasteiger partial charge in [0.25, 0.3) is 5.91 Å². The van der Waals surface area contributed by atoms with Gasteiger partial charge in [-0.1, -0.05) is 6.07 Å². The molecule has 2 unspecified atom stereocenters. The fourth-order valence-corrected chi connectivity index (χ4v) is 5.84. The summed E-state index contributed by atoms with van der Waals surface area (Å²) in [5, 5.41) is 11.3. The maximum atomic E-state index is 13.6. The summed E-state index contributed by atoms with van der Waals surface area (Å²) in [5.41, 5.74) is 3.20. The van der Waals surface area contributed by atoms with Gasteiger partial charge < -0.3 is 38.8 Å². The highest BCUT2D eigenvalue weighted by molar-refractivity contribution is 5.95. The van der Waals surface area contributed by atoms with Crippen molar-refractivity contribution in [2.45, 2.75) is 25.0 Å². The molecule has 4 aliphatic heterocycles. The highest BCUT2D eigenvalue weighted by Crippen LogP contribution is 2.46. The number of rotatable bonds is 5. The minimum Gasteiger partial charge on any atom is -0.497 e. The summed E-state index contributed by atoms with van der Waals surface area (Å²) < 4.78 is 23.0. The lowest BCUT2D eigenvalue weighted by Crippen LogP contribution is -2.41. The fourth-order valence-electron chi connectivity index (χ4n) is 5.84. The van der Waals surface area contributed by atoms with Crippen LogP contribution in [0.15, 0.2) is 48.4 Å². The van der Waals surface area contributed by atoms with Gasteiger partial charge in [-0.05, 0) is 37.1 Å². The van der Waals surface area contributed by atoms with Crippen molar-refractivity contribution in [2.75, 3.05) is 71.2 Å². The number of carbonyl (C=O) groups excluding carboxylic acids is 1. The molecule has 0 spiro atoms. The van der Waals surface area contributed by atoms with Crippen LogP contribution in [0.4, 0.5) is 5.69 Å². The van der Waals surface area contributed by atoms with Gasteiger partial charge in [-0.2, -0.15) is 0 Å². The molecule has 4 aliphatic rings. The summed E-state index contributed by atoms with van der Waals surface area (Å²) >= 11 is 0. The second-order valence-electron chi connectivity index (χ2n) is 10.1. The molecule has 9 nitrogen and oxygen atoms in total. The maximum Gasteiger partial charge on any atom is 0.254 e. The summed E-state index contributed by atoms with van der Waals surface area (Å²) in [6.45, 7) is 5.72. The molecule has 2 atom stereocenters. The van der Waals surface area contributed by atoms with Crippen molar-refractivity contribution in [1.29, 1.82) is 0 Å². The van der Waals surface area contributed by atoms with Gasteiger partial charge in [0.15, 0.2) is 5.88 Å². The van der Waals surface area contributed by atoms with E-state index in [0.717, 1.165) is 36.4 Å². The van der Waals surface area contributed by atoms with Crippen LogP contribution in [0.1, 0.15) is 46.5 Å². The summed E-state index contributed by atoms with van der Waals surface area (Å²) in [6.07, 6.45) is 2.79. The number of amides is 1. The standard InChI is InChI=1S/C29H35N3O6/c1-35-22-5-2-4-21(18-22)32-7-3-6-25(32)23-16-20(29(34)31-10-14-37-15-11-31)17-24-26(33)19-27(38-28(23)24)30-8-12-36-13-9-30/h2,4-5,16-19,25-26,33H,3,6-15H2,1H3. The summed E-state index contributed by atoms with van der Waals surface area (Å²) in [7, 11) is 1.67. The third-order valence-corrected chi connectivity index (χ3v) is 7.84. The predicted molar refractivity (Wildman–Crippen MR) is 142 cm³/mol. The minimum atomic E-state index is -0.876. The van der Waals surface area contributed by atoms with Gasteiger partial charge in [-0.25, -0.2) is 0 Å². The van der Waals surface area contributed by atoms with Crippen LogP contribution in [0.25, 0.3) is 0 Å². The zero-order valence-electron chi connectivity index (χ0n) is 21.8. The Morgan fingerprint density at radius 3 is 2.47 bits per heavy atom. The van der Waals surface area contributed by atoms with Crippen LogP contribution in [-0.2, 0) is 9.47 Å². The topological polar surface area (TPSA) is 83.9 Å². The molecule has 0 saturated carbocycles. The largest absolute Gasteiger partial charge is 0.497 e. The molecule has 2 aromatic carbocycles. The van der Waals surface area contributed by atoms with Crippen molar-refractivity contribution < 1.29 is 28.8 Å². The summed E-state index contributed by atoms with van der Waals surface area (Å²) in [5.74, 6) is 2.06. The Morgan fingerprint density at radius 2 is 1.71 bits per heavy atom. The molecule has 6 rings (SSSR count). The first-order valence-corrected chi connectivity index (χ1v) is 13.5. The number of benzene rings is 2. The van der Waals surface area contributed by atoms with E-state index in [4.69, 9.17) is 18.9 Å². The normalized spacial score (nSPS) is 23.5. The maximum absolute atomic E-state index is 13.6. The van der Waals surface area contributed by atoms with Crippen LogP contribution in [0.5, 0.6) is 11.5 Å². The number of anilines is 1. The van der Waals surface area contributed by atoms with Crippen LogP contribution < -0.4 is 14.4 Å². The molecule has 3 fully saturated rings. The Morgan fingerprint density at radius 1 is 0.974 bits per heavy atom. The molecule has 1 amide bonds. The van der Waals surface area contributed by atoms with Gasteiger partial charge in [0.2, 0.25) is 0 Å². The molecule has 38 heavy (non-hydrogen) atoms. The number of hydrogen-bond donors (Lipinski definition) is 1. The van der Waals surface area contributed by atoms with Crippen molar-refractivity contribution in [3.05, 3.63) is 65.0 Å². The average molecular weight is 522 g/mol. The van der Waals surface area contributed by atoms with Crippen LogP contribution in [-0.4, -0.2) is 87.1 Å². The van der Waals surface area contributed by atoms with Crippen LogP contribution in [0.3, 0.4) is 0 Å². The Labute approximate surface area is 223 Å². The van der Waals surface area contributed by atoms with Gasteiger partial charge in [-0.15, -0.1) is 0 Å². The van der Waals surface area contributed by atoms with E-state index in [1.54, 1.807) is 19.3 Å². The average Bonchev–Trinajstić information content (AvgIpc) is 3.47. The van der Waals surface area contributed by atoms with Gasteiger partial charge in [-0.3, -0.25) is 4.79 Å². The SMILES string of the molecule is COc1cccc(N2CCCC2c2cc(C(=O)N3CCOCC3)cc3c2OC(N2CCOCC2)=CC3O)c1. The van der Waals surface area contributed by atoms with Gasteiger partial charge in [0.1, 0.15) is 17.6 Å². The first kappa shape index (κ1) is 25.0. The fraction of sp³-hybridized carbons (Fsp3) is 0.483. The molecule has 2 aromatic rings. The van der Waals surface area contributed by atoms with Crippen LogP contribution in [0, 0.1) is 0 Å². The lowest BCUT2D eigenvalue weighted by molar-refractivity contribution is 0.0297. The van der Waals surface area contributed by atoms with Gasteiger partial charge in [0.05, 0.1) is 39.6 Å². The van der Waals surface area contributed by atoms with Gasteiger partial charge >= 0.3 is 0 Å². The predicted octanol–water partition coefficient (Wildman–Crippen LogP) is 3.11. The molecule has 0 bridgehead atoms. The van der Waals surface area contributed by atoms with E-state index in [1.165, 1.54) is 0 Å². The lowest BCUT2D eigenvalue weighted by Gasteiger charge is -2.36. The van der Waals surface area contributed by atoms with Crippen LogP contribution >= 0.6 is 0 Å². The van der Waals surface area contributed by atoms with Crippen molar-refractivity contribution in [3.63, 3.8) is 0 Å². The number of ether oxygens (including phenoxy) is 4. The minimum absolute atomic E-state index is 0.00969. The number of aliphatic hydroxyl groups is 1. The Kier molecular flexibility index (Phi) is 7.14. The first-order chi connectivity index (χ1) is 18.6. The number of morpholine rings is 2.